The Bertz CT molecular complexity index is 462. The topological polar surface area (TPSA) is 41.6 Å². The summed E-state index contributed by atoms with van der Waals surface area (Å²) in [6.07, 6.45) is 8.17. The van der Waals surface area contributed by atoms with Crippen molar-refractivity contribution in [2.75, 3.05) is 0 Å². The summed E-state index contributed by atoms with van der Waals surface area (Å²) in [7, 11) is 0. The van der Waals surface area contributed by atoms with Crippen LogP contribution in [-0.4, -0.2) is 9.78 Å². The molecular formula is C15H22ClN3. The average Bonchev–Trinajstić information content (AvgIpc) is 2.58. The highest BCUT2D eigenvalue weighted by molar-refractivity contribution is 6.30. The van der Waals surface area contributed by atoms with Crippen molar-refractivity contribution in [1.29, 1.82) is 5.26 Å². The third-order valence-corrected chi connectivity index (χ3v) is 4.17. The van der Waals surface area contributed by atoms with Crippen molar-refractivity contribution in [1.82, 2.24) is 9.78 Å². The SMILES string of the molecule is CC(C)Cc1nn(C2CCCCCC2)c(Cl)c1C#N. The van der Waals surface area contributed by atoms with E-state index >= 15 is 0 Å². The van der Waals surface area contributed by atoms with Gasteiger partial charge in [-0.2, -0.15) is 10.4 Å². The monoisotopic (exact) mass is 279 g/mol. The lowest BCUT2D eigenvalue weighted by Crippen LogP contribution is -2.10. The maximum Gasteiger partial charge on any atom is 0.145 e. The number of hydrogen-bond donors (Lipinski definition) is 0. The molecule has 19 heavy (non-hydrogen) atoms. The van der Waals surface area contributed by atoms with Crippen LogP contribution in [0.5, 0.6) is 0 Å². The molecule has 0 bridgehead atoms. The number of halogens is 1. The normalized spacial score (nSPS) is 17.4. The number of nitriles is 1. The molecule has 104 valence electrons. The van der Waals surface area contributed by atoms with Crippen molar-refractivity contribution in [3.63, 3.8) is 0 Å². The van der Waals surface area contributed by atoms with Crippen molar-refractivity contribution in [3.05, 3.63) is 16.4 Å². The van der Waals surface area contributed by atoms with E-state index in [9.17, 15) is 5.26 Å². The second kappa shape index (κ2) is 6.43. The highest BCUT2D eigenvalue weighted by Crippen LogP contribution is 2.32. The van der Waals surface area contributed by atoms with Gasteiger partial charge in [0.15, 0.2) is 0 Å². The third-order valence-electron chi connectivity index (χ3n) is 3.81. The van der Waals surface area contributed by atoms with E-state index in [1.807, 2.05) is 4.68 Å². The first-order valence-corrected chi connectivity index (χ1v) is 7.68. The highest BCUT2D eigenvalue weighted by Gasteiger charge is 2.23. The number of hydrogen-bond acceptors (Lipinski definition) is 2. The molecule has 1 aromatic heterocycles. The molecule has 1 fully saturated rings. The lowest BCUT2D eigenvalue weighted by Gasteiger charge is -2.15. The smallest absolute Gasteiger partial charge is 0.145 e. The first-order valence-electron chi connectivity index (χ1n) is 7.30. The molecule has 0 saturated heterocycles. The molecule has 0 unspecified atom stereocenters. The van der Waals surface area contributed by atoms with Crippen LogP contribution in [0.3, 0.4) is 0 Å². The van der Waals surface area contributed by atoms with Gasteiger partial charge in [-0.05, 0) is 25.2 Å². The summed E-state index contributed by atoms with van der Waals surface area (Å²) in [6, 6.07) is 2.61. The predicted molar refractivity (Wildman–Crippen MR) is 77.2 cm³/mol. The van der Waals surface area contributed by atoms with Crippen LogP contribution >= 0.6 is 11.6 Å². The van der Waals surface area contributed by atoms with E-state index in [1.54, 1.807) is 0 Å². The van der Waals surface area contributed by atoms with Crippen LogP contribution in [0.15, 0.2) is 0 Å². The zero-order valence-corrected chi connectivity index (χ0v) is 12.6. The fourth-order valence-corrected chi connectivity index (χ4v) is 3.17. The average molecular weight is 280 g/mol. The molecule has 0 amide bonds. The summed E-state index contributed by atoms with van der Waals surface area (Å²) in [5.74, 6) is 0.487. The molecule has 1 saturated carbocycles. The van der Waals surface area contributed by atoms with Crippen LogP contribution in [0.1, 0.15) is 69.7 Å². The van der Waals surface area contributed by atoms with Gasteiger partial charge in [0.25, 0.3) is 0 Å². The standard InChI is InChI=1S/C15H22ClN3/c1-11(2)9-14-13(10-17)15(16)19(18-14)12-7-5-3-4-6-8-12/h11-12H,3-9H2,1-2H3. The second-order valence-corrected chi connectivity index (χ2v) is 6.27. The van der Waals surface area contributed by atoms with Gasteiger partial charge in [-0.15, -0.1) is 0 Å². The summed E-state index contributed by atoms with van der Waals surface area (Å²) in [4.78, 5) is 0. The van der Waals surface area contributed by atoms with Crippen LogP contribution in [0, 0.1) is 17.2 Å². The van der Waals surface area contributed by atoms with E-state index < -0.39 is 0 Å². The van der Waals surface area contributed by atoms with Gasteiger partial charge in [0.1, 0.15) is 16.8 Å². The molecule has 0 aromatic carbocycles. The Morgan fingerprint density at radius 2 is 1.95 bits per heavy atom. The van der Waals surface area contributed by atoms with Crippen LogP contribution in [0.25, 0.3) is 0 Å². The maximum atomic E-state index is 9.29. The first kappa shape index (κ1) is 14.4. The minimum Gasteiger partial charge on any atom is -0.249 e. The largest absolute Gasteiger partial charge is 0.249 e. The van der Waals surface area contributed by atoms with Gasteiger partial charge < -0.3 is 0 Å². The van der Waals surface area contributed by atoms with Crippen molar-refractivity contribution in [2.45, 2.75) is 64.8 Å². The van der Waals surface area contributed by atoms with Gasteiger partial charge in [0.05, 0.1) is 11.7 Å². The van der Waals surface area contributed by atoms with E-state index in [-0.39, 0.29) is 0 Å². The fraction of sp³-hybridized carbons (Fsp3) is 0.733. The minimum absolute atomic E-state index is 0.378. The van der Waals surface area contributed by atoms with E-state index in [2.05, 4.69) is 25.0 Å². The molecule has 2 rings (SSSR count). The first-order chi connectivity index (χ1) is 9.13. The Morgan fingerprint density at radius 3 is 2.47 bits per heavy atom. The van der Waals surface area contributed by atoms with Gasteiger partial charge in [0.2, 0.25) is 0 Å². The summed E-state index contributed by atoms with van der Waals surface area (Å²) >= 11 is 6.38. The lowest BCUT2D eigenvalue weighted by molar-refractivity contribution is 0.402. The molecule has 0 atom stereocenters. The van der Waals surface area contributed by atoms with E-state index in [0.717, 1.165) is 25.0 Å². The Balaban J connectivity index is 2.29. The summed E-state index contributed by atoms with van der Waals surface area (Å²) in [6.45, 7) is 4.28. The van der Waals surface area contributed by atoms with Crippen LogP contribution in [-0.2, 0) is 6.42 Å². The maximum absolute atomic E-state index is 9.29. The zero-order chi connectivity index (χ0) is 13.8. The number of aromatic nitrogens is 2. The summed E-state index contributed by atoms with van der Waals surface area (Å²) in [5, 5.41) is 14.5. The molecule has 0 radical (unpaired) electrons. The predicted octanol–water partition coefficient (Wildman–Crippen LogP) is 4.50. The van der Waals surface area contributed by atoms with Gasteiger partial charge in [-0.3, -0.25) is 0 Å². The van der Waals surface area contributed by atoms with E-state index in [4.69, 9.17) is 11.6 Å². The fourth-order valence-electron chi connectivity index (χ4n) is 2.84. The molecule has 1 aliphatic rings. The van der Waals surface area contributed by atoms with Crippen molar-refractivity contribution < 1.29 is 0 Å². The molecule has 0 N–H and O–H groups in total. The highest BCUT2D eigenvalue weighted by atomic mass is 35.5. The lowest BCUT2D eigenvalue weighted by atomic mass is 10.1. The molecule has 4 heteroatoms. The van der Waals surface area contributed by atoms with E-state index in [0.29, 0.717) is 22.7 Å². The van der Waals surface area contributed by atoms with Crippen LogP contribution in [0.2, 0.25) is 5.15 Å². The van der Waals surface area contributed by atoms with Crippen molar-refractivity contribution in [2.24, 2.45) is 5.92 Å². The molecular weight excluding hydrogens is 258 g/mol. The zero-order valence-electron chi connectivity index (χ0n) is 11.8. The Labute approximate surface area is 120 Å². The van der Waals surface area contributed by atoms with Gasteiger partial charge >= 0.3 is 0 Å². The minimum atomic E-state index is 0.378. The molecule has 1 heterocycles. The molecule has 0 aliphatic heterocycles. The van der Waals surface area contributed by atoms with Gasteiger partial charge in [-0.1, -0.05) is 51.1 Å². The number of rotatable bonds is 3. The molecule has 1 aromatic rings. The number of nitrogens with zero attached hydrogens (tertiary/aromatic N) is 3. The van der Waals surface area contributed by atoms with Crippen LogP contribution in [0.4, 0.5) is 0 Å². The second-order valence-electron chi connectivity index (χ2n) is 5.91. The Hall–Kier alpha value is -1.01. The quantitative estimate of drug-likeness (QED) is 0.764. The van der Waals surface area contributed by atoms with Crippen molar-refractivity contribution in [3.8, 4) is 6.07 Å². The van der Waals surface area contributed by atoms with Crippen LogP contribution < -0.4 is 0 Å². The molecule has 3 nitrogen and oxygen atoms in total. The Kier molecular flexibility index (Phi) is 4.87. The van der Waals surface area contributed by atoms with Gasteiger partial charge in [0, 0.05) is 0 Å². The summed E-state index contributed by atoms with van der Waals surface area (Å²) < 4.78 is 1.92. The van der Waals surface area contributed by atoms with Gasteiger partial charge in [-0.25, -0.2) is 4.68 Å². The molecule has 1 aliphatic carbocycles. The summed E-state index contributed by atoms with van der Waals surface area (Å²) in [5.41, 5.74) is 1.45. The van der Waals surface area contributed by atoms with Crippen molar-refractivity contribution >= 4 is 11.6 Å². The third kappa shape index (κ3) is 3.30. The molecule has 0 spiro atoms. The van der Waals surface area contributed by atoms with E-state index in [1.165, 1.54) is 25.7 Å². The Morgan fingerprint density at radius 1 is 1.32 bits per heavy atom.